The van der Waals surface area contributed by atoms with E-state index in [-0.39, 0.29) is 11.3 Å². The second-order valence-electron chi connectivity index (χ2n) is 6.93. The van der Waals surface area contributed by atoms with Crippen LogP contribution in [0.5, 0.6) is 0 Å². The topological polar surface area (TPSA) is 38.1 Å². The zero-order valence-corrected chi connectivity index (χ0v) is 13.7. The summed E-state index contributed by atoms with van der Waals surface area (Å²) >= 11 is 0. The summed E-state index contributed by atoms with van der Waals surface area (Å²) in [5.41, 5.74) is 2.88. The first-order valence-corrected chi connectivity index (χ1v) is 7.72. The molecule has 1 atom stereocenters. The molecule has 116 valence electrons. The molecular formula is C18H23N3O. The molecule has 2 heterocycles. The lowest BCUT2D eigenvalue weighted by Crippen LogP contribution is -2.32. The van der Waals surface area contributed by atoms with Gasteiger partial charge in [-0.3, -0.25) is 4.79 Å². The van der Waals surface area contributed by atoms with Gasteiger partial charge in [0.15, 0.2) is 0 Å². The molecule has 0 spiro atoms. The molecule has 0 bridgehead atoms. The zero-order chi connectivity index (χ0) is 15.9. The summed E-state index contributed by atoms with van der Waals surface area (Å²) in [6.07, 6.45) is 1.71. The number of imidazole rings is 1. The maximum Gasteiger partial charge on any atom is 0.272 e. The van der Waals surface area contributed by atoms with Gasteiger partial charge < -0.3 is 9.47 Å². The number of amides is 1. The number of aryl methyl sites for hydroxylation is 2. The van der Waals surface area contributed by atoms with Gasteiger partial charge in [0, 0.05) is 26.1 Å². The van der Waals surface area contributed by atoms with Crippen LogP contribution < -0.4 is 0 Å². The molecule has 0 saturated carbocycles. The summed E-state index contributed by atoms with van der Waals surface area (Å²) in [6.45, 7) is 7.92. The van der Waals surface area contributed by atoms with E-state index in [4.69, 9.17) is 0 Å². The van der Waals surface area contributed by atoms with Gasteiger partial charge in [0.1, 0.15) is 5.69 Å². The van der Waals surface area contributed by atoms with Gasteiger partial charge in [-0.25, -0.2) is 4.98 Å². The number of aromatic nitrogens is 2. The van der Waals surface area contributed by atoms with Crippen LogP contribution in [0.2, 0.25) is 0 Å². The van der Waals surface area contributed by atoms with Crippen LogP contribution in [0.4, 0.5) is 0 Å². The maximum atomic E-state index is 12.9. The predicted octanol–water partition coefficient (Wildman–Crippen LogP) is 2.99. The number of carbonyl (C=O) groups is 1. The molecule has 1 aromatic heterocycles. The standard InChI is InChI=1S/C18H23N3O/c1-13-16(20(4)12-19-13)17(22)21-10-15(18(2,3)11-21)14-8-6-5-7-9-14/h5-9,12,15H,10-11H2,1-4H3/t15-/m0/s1. The van der Waals surface area contributed by atoms with Crippen LogP contribution in [0.1, 0.15) is 41.5 Å². The van der Waals surface area contributed by atoms with Crippen molar-refractivity contribution in [2.24, 2.45) is 12.5 Å². The summed E-state index contributed by atoms with van der Waals surface area (Å²) < 4.78 is 1.82. The van der Waals surface area contributed by atoms with Crippen LogP contribution >= 0.6 is 0 Å². The molecule has 1 aliphatic heterocycles. The second kappa shape index (κ2) is 5.27. The van der Waals surface area contributed by atoms with Crippen molar-refractivity contribution in [3.63, 3.8) is 0 Å². The highest BCUT2D eigenvalue weighted by molar-refractivity contribution is 5.94. The molecule has 1 saturated heterocycles. The molecule has 4 nitrogen and oxygen atoms in total. The fourth-order valence-corrected chi connectivity index (χ4v) is 3.53. The number of likely N-dealkylation sites (tertiary alicyclic amines) is 1. The molecule has 4 heteroatoms. The van der Waals surface area contributed by atoms with Crippen molar-refractivity contribution >= 4 is 5.91 Å². The Balaban J connectivity index is 1.88. The van der Waals surface area contributed by atoms with Crippen molar-refractivity contribution in [1.29, 1.82) is 0 Å². The molecule has 1 aromatic carbocycles. The van der Waals surface area contributed by atoms with E-state index in [9.17, 15) is 4.79 Å². The quantitative estimate of drug-likeness (QED) is 0.854. The molecule has 2 aromatic rings. The molecule has 3 rings (SSSR count). The van der Waals surface area contributed by atoms with Crippen LogP contribution in [-0.4, -0.2) is 33.4 Å². The van der Waals surface area contributed by atoms with E-state index < -0.39 is 0 Å². The summed E-state index contributed by atoms with van der Waals surface area (Å²) in [5.74, 6) is 0.454. The molecule has 0 unspecified atom stereocenters. The third-order valence-electron chi connectivity index (χ3n) is 4.76. The molecule has 0 radical (unpaired) electrons. The highest BCUT2D eigenvalue weighted by Crippen LogP contribution is 2.42. The molecule has 1 fully saturated rings. The summed E-state index contributed by atoms with van der Waals surface area (Å²) in [4.78, 5) is 19.1. The van der Waals surface area contributed by atoms with E-state index in [2.05, 4.69) is 43.1 Å². The van der Waals surface area contributed by atoms with E-state index in [0.717, 1.165) is 18.8 Å². The summed E-state index contributed by atoms with van der Waals surface area (Å²) in [7, 11) is 1.88. The van der Waals surface area contributed by atoms with Crippen LogP contribution in [0.25, 0.3) is 0 Å². The lowest BCUT2D eigenvalue weighted by molar-refractivity contribution is 0.0767. The van der Waals surface area contributed by atoms with Crippen LogP contribution in [0, 0.1) is 12.3 Å². The van der Waals surface area contributed by atoms with Crippen molar-refractivity contribution in [2.45, 2.75) is 26.7 Å². The Morgan fingerprint density at radius 3 is 2.55 bits per heavy atom. The smallest absolute Gasteiger partial charge is 0.272 e. The van der Waals surface area contributed by atoms with E-state index in [1.54, 1.807) is 6.33 Å². The summed E-state index contributed by atoms with van der Waals surface area (Å²) in [6, 6.07) is 10.5. The third-order valence-corrected chi connectivity index (χ3v) is 4.76. The lowest BCUT2D eigenvalue weighted by Gasteiger charge is -2.25. The average Bonchev–Trinajstić information content (AvgIpc) is 2.98. The van der Waals surface area contributed by atoms with Crippen LogP contribution in [-0.2, 0) is 7.05 Å². The Labute approximate surface area is 131 Å². The Hall–Kier alpha value is -2.10. The van der Waals surface area contributed by atoms with Gasteiger partial charge >= 0.3 is 0 Å². The van der Waals surface area contributed by atoms with Crippen LogP contribution in [0.3, 0.4) is 0 Å². The largest absolute Gasteiger partial charge is 0.336 e. The van der Waals surface area contributed by atoms with Crippen LogP contribution in [0.15, 0.2) is 36.7 Å². The van der Waals surface area contributed by atoms with Crippen molar-refractivity contribution < 1.29 is 4.79 Å². The molecule has 22 heavy (non-hydrogen) atoms. The Morgan fingerprint density at radius 2 is 1.95 bits per heavy atom. The number of hydrogen-bond acceptors (Lipinski definition) is 2. The van der Waals surface area contributed by atoms with Crippen molar-refractivity contribution in [3.05, 3.63) is 53.6 Å². The van der Waals surface area contributed by atoms with E-state index in [1.165, 1.54) is 5.56 Å². The highest BCUT2D eigenvalue weighted by atomic mass is 16.2. The van der Waals surface area contributed by atoms with Gasteiger partial charge in [0.2, 0.25) is 0 Å². The minimum atomic E-state index is 0.0729. The third kappa shape index (κ3) is 2.43. The number of nitrogens with zero attached hydrogens (tertiary/aromatic N) is 3. The number of hydrogen-bond donors (Lipinski definition) is 0. The molecular weight excluding hydrogens is 274 g/mol. The van der Waals surface area contributed by atoms with E-state index in [0.29, 0.717) is 11.6 Å². The fraction of sp³-hybridized carbons (Fsp3) is 0.444. The van der Waals surface area contributed by atoms with Gasteiger partial charge in [0.25, 0.3) is 5.91 Å². The minimum absolute atomic E-state index is 0.0729. The highest BCUT2D eigenvalue weighted by Gasteiger charge is 2.42. The second-order valence-corrected chi connectivity index (χ2v) is 6.93. The monoisotopic (exact) mass is 297 g/mol. The zero-order valence-electron chi connectivity index (χ0n) is 13.7. The average molecular weight is 297 g/mol. The van der Waals surface area contributed by atoms with Gasteiger partial charge in [0.05, 0.1) is 12.0 Å². The molecule has 1 amide bonds. The first kappa shape index (κ1) is 14.8. The number of benzene rings is 1. The van der Waals surface area contributed by atoms with Gasteiger partial charge in [-0.05, 0) is 17.9 Å². The van der Waals surface area contributed by atoms with Gasteiger partial charge in [-0.15, -0.1) is 0 Å². The lowest BCUT2D eigenvalue weighted by atomic mass is 9.78. The van der Waals surface area contributed by atoms with Gasteiger partial charge in [-0.2, -0.15) is 0 Å². The fourth-order valence-electron chi connectivity index (χ4n) is 3.53. The number of carbonyl (C=O) groups excluding carboxylic acids is 1. The Morgan fingerprint density at radius 1 is 1.27 bits per heavy atom. The Kier molecular flexibility index (Phi) is 3.55. The maximum absolute atomic E-state index is 12.9. The summed E-state index contributed by atoms with van der Waals surface area (Å²) in [5, 5.41) is 0. The number of rotatable bonds is 2. The van der Waals surface area contributed by atoms with E-state index >= 15 is 0 Å². The first-order chi connectivity index (χ1) is 10.4. The van der Waals surface area contributed by atoms with Crippen molar-refractivity contribution in [1.82, 2.24) is 14.5 Å². The van der Waals surface area contributed by atoms with Crippen molar-refractivity contribution in [2.75, 3.05) is 13.1 Å². The minimum Gasteiger partial charge on any atom is -0.336 e. The van der Waals surface area contributed by atoms with Gasteiger partial charge in [-0.1, -0.05) is 44.2 Å². The van der Waals surface area contributed by atoms with E-state index in [1.807, 2.05) is 29.5 Å². The molecule has 1 aliphatic rings. The molecule has 0 aliphatic carbocycles. The molecule has 0 N–H and O–H groups in total. The normalized spacial score (nSPS) is 20.4. The first-order valence-electron chi connectivity index (χ1n) is 7.72. The van der Waals surface area contributed by atoms with Crippen molar-refractivity contribution in [3.8, 4) is 0 Å². The SMILES string of the molecule is Cc1ncn(C)c1C(=O)N1C[C@@H](c2ccccc2)C(C)(C)C1. The Bertz CT molecular complexity index is 668. The predicted molar refractivity (Wildman–Crippen MR) is 86.8 cm³/mol.